The van der Waals surface area contributed by atoms with Gasteiger partial charge >= 0.3 is 0 Å². The van der Waals surface area contributed by atoms with Gasteiger partial charge in [-0.2, -0.15) is 0 Å². The number of hydrogen-bond donors (Lipinski definition) is 1. The molecule has 2 aromatic carbocycles. The monoisotopic (exact) mass is 260 g/mol. The van der Waals surface area contributed by atoms with Gasteiger partial charge in [0.25, 0.3) is 0 Å². The Kier molecular flexibility index (Phi) is 3.58. The first kappa shape index (κ1) is 13.6. The van der Waals surface area contributed by atoms with Crippen LogP contribution in [0.5, 0.6) is 5.75 Å². The second-order valence-electron chi connectivity index (χ2n) is 4.76. The summed E-state index contributed by atoms with van der Waals surface area (Å²) in [5.41, 5.74) is 0.424. The quantitative estimate of drug-likeness (QED) is 0.916. The summed E-state index contributed by atoms with van der Waals surface area (Å²) >= 11 is 0. The Morgan fingerprint density at radius 1 is 1.11 bits per heavy atom. The molecule has 3 heteroatoms. The molecule has 0 aliphatic carbocycles. The van der Waals surface area contributed by atoms with Crippen molar-refractivity contribution in [2.45, 2.75) is 19.4 Å². The van der Waals surface area contributed by atoms with Crippen LogP contribution in [0, 0.1) is 12.7 Å². The molecule has 1 atom stereocenters. The number of benzene rings is 2. The molecular formula is C16H17FO2. The van der Waals surface area contributed by atoms with E-state index in [0.29, 0.717) is 11.3 Å². The molecule has 100 valence electrons. The molecule has 2 rings (SSSR count). The van der Waals surface area contributed by atoms with Crippen molar-refractivity contribution in [3.63, 3.8) is 0 Å². The lowest BCUT2D eigenvalue weighted by Crippen LogP contribution is -2.25. The third-order valence-corrected chi connectivity index (χ3v) is 3.30. The van der Waals surface area contributed by atoms with Crippen molar-refractivity contribution in [2.75, 3.05) is 7.11 Å². The largest absolute Gasteiger partial charge is 0.496 e. The summed E-state index contributed by atoms with van der Waals surface area (Å²) in [6.45, 7) is 3.53. The molecule has 0 heterocycles. The van der Waals surface area contributed by atoms with Crippen LogP contribution < -0.4 is 4.74 Å². The van der Waals surface area contributed by atoms with Gasteiger partial charge in [0, 0.05) is 0 Å². The standard InChI is InChI=1S/C16H17FO2/c1-11-7-9-12(10-8-11)16(2,18)15-13(17)5-4-6-14(15)19-3/h4-10,18H,1-3H3. The van der Waals surface area contributed by atoms with E-state index in [2.05, 4.69) is 0 Å². The SMILES string of the molecule is COc1cccc(F)c1C(C)(O)c1ccc(C)cc1. The van der Waals surface area contributed by atoms with E-state index in [-0.39, 0.29) is 5.56 Å². The number of aryl methyl sites for hydroxylation is 1. The second-order valence-corrected chi connectivity index (χ2v) is 4.76. The highest BCUT2D eigenvalue weighted by Crippen LogP contribution is 2.37. The summed E-state index contributed by atoms with van der Waals surface area (Å²) in [6, 6.07) is 11.9. The molecule has 19 heavy (non-hydrogen) atoms. The van der Waals surface area contributed by atoms with E-state index in [4.69, 9.17) is 4.74 Å². The Labute approximate surface area is 112 Å². The number of ether oxygens (including phenoxy) is 1. The zero-order valence-corrected chi connectivity index (χ0v) is 11.3. The van der Waals surface area contributed by atoms with E-state index in [0.717, 1.165) is 5.56 Å². The molecule has 0 amide bonds. The summed E-state index contributed by atoms with van der Waals surface area (Å²) in [5, 5.41) is 10.7. The molecule has 2 nitrogen and oxygen atoms in total. The predicted octanol–water partition coefficient (Wildman–Crippen LogP) is 3.40. The van der Waals surface area contributed by atoms with Crippen LogP contribution >= 0.6 is 0 Å². The van der Waals surface area contributed by atoms with Crippen LogP contribution in [0.3, 0.4) is 0 Å². The highest BCUT2D eigenvalue weighted by Gasteiger charge is 2.32. The number of methoxy groups -OCH3 is 1. The van der Waals surface area contributed by atoms with Crippen molar-refractivity contribution in [3.05, 3.63) is 65.0 Å². The summed E-state index contributed by atoms with van der Waals surface area (Å²) in [4.78, 5) is 0. The Hall–Kier alpha value is -1.87. The minimum absolute atomic E-state index is 0.154. The molecule has 0 saturated carbocycles. The van der Waals surface area contributed by atoms with Gasteiger partial charge in [-0.25, -0.2) is 4.39 Å². The Bertz CT molecular complexity index is 574. The van der Waals surface area contributed by atoms with E-state index >= 15 is 0 Å². The molecule has 0 fully saturated rings. The summed E-state index contributed by atoms with van der Waals surface area (Å²) < 4.78 is 19.2. The zero-order valence-electron chi connectivity index (χ0n) is 11.3. The third kappa shape index (κ3) is 2.47. The zero-order chi connectivity index (χ0) is 14.0. The maximum atomic E-state index is 14.1. The molecule has 0 radical (unpaired) electrons. The predicted molar refractivity (Wildman–Crippen MR) is 72.8 cm³/mol. The maximum Gasteiger partial charge on any atom is 0.133 e. The van der Waals surface area contributed by atoms with Gasteiger partial charge in [0.15, 0.2) is 0 Å². The van der Waals surface area contributed by atoms with Gasteiger partial charge in [-0.3, -0.25) is 0 Å². The molecule has 1 unspecified atom stereocenters. The summed E-state index contributed by atoms with van der Waals surface area (Å²) in [7, 11) is 1.46. The average Bonchev–Trinajstić information content (AvgIpc) is 2.38. The van der Waals surface area contributed by atoms with E-state index in [9.17, 15) is 9.50 Å². The van der Waals surface area contributed by atoms with Gasteiger partial charge in [0.2, 0.25) is 0 Å². The van der Waals surface area contributed by atoms with Crippen LogP contribution in [-0.2, 0) is 5.60 Å². The molecule has 0 aliphatic rings. The molecule has 0 aromatic heterocycles. The summed E-state index contributed by atoms with van der Waals surface area (Å²) in [6.07, 6.45) is 0. The first-order chi connectivity index (χ1) is 8.96. The lowest BCUT2D eigenvalue weighted by molar-refractivity contribution is 0.0945. The van der Waals surface area contributed by atoms with Crippen molar-refractivity contribution in [3.8, 4) is 5.75 Å². The number of halogens is 1. The molecule has 0 spiro atoms. The third-order valence-electron chi connectivity index (χ3n) is 3.30. The van der Waals surface area contributed by atoms with Crippen LogP contribution in [0.25, 0.3) is 0 Å². The van der Waals surface area contributed by atoms with E-state index in [1.54, 1.807) is 31.2 Å². The van der Waals surface area contributed by atoms with Gasteiger partial charge in [-0.15, -0.1) is 0 Å². The minimum Gasteiger partial charge on any atom is -0.496 e. The fraction of sp³-hybridized carbons (Fsp3) is 0.250. The molecule has 2 aromatic rings. The van der Waals surface area contributed by atoms with Crippen molar-refractivity contribution in [2.24, 2.45) is 0 Å². The van der Waals surface area contributed by atoms with Crippen LogP contribution in [0.15, 0.2) is 42.5 Å². The van der Waals surface area contributed by atoms with Gasteiger partial charge in [0.1, 0.15) is 17.2 Å². The van der Waals surface area contributed by atoms with Gasteiger partial charge in [-0.1, -0.05) is 35.9 Å². The van der Waals surface area contributed by atoms with Crippen LogP contribution in [0.2, 0.25) is 0 Å². The van der Waals surface area contributed by atoms with E-state index in [1.807, 2.05) is 19.1 Å². The first-order valence-corrected chi connectivity index (χ1v) is 6.09. The normalized spacial score (nSPS) is 13.9. The molecular weight excluding hydrogens is 243 g/mol. The van der Waals surface area contributed by atoms with Crippen LogP contribution in [-0.4, -0.2) is 12.2 Å². The van der Waals surface area contributed by atoms with Crippen molar-refractivity contribution >= 4 is 0 Å². The second kappa shape index (κ2) is 5.02. The Balaban J connectivity index is 2.58. The summed E-state index contributed by atoms with van der Waals surface area (Å²) in [5.74, 6) is -0.143. The fourth-order valence-corrected chi connectivity index (χ4v) is 2.17. The molecule has 0 aliphatic heterocycles. The highest BCUT2D eigenvalue weighted by atomic mass is 19.1. The molecule has 1 N–H and O–H groups in total. The first-order valence-electron chi connectivity index (χ1n) is 6.09. The van der Waals surface area contributed by atoms with Crippen molar-refractivity contribution in [1.29, 1.82) is 0 Å². The van der Waals surface area contributed by atoms with Crippen LogP contribution in [0.1, 0.15) is 23.6 Å². The van der Waals surface area contributed by atoms with Crippen LogP contribution in [0.4, 0.5) is 4.39 Å². The highest BCUT2D eigenvalue weighted by molar-refractivity contribution is 5.45. The number of aliphatic hydroxyl groups is 1. The maximum absolute atomic E-state index is 14.1. The average molecular weight is 260 g/mol. The lowest BCUT2D eigenvalue weighted by atomic mass is 9.87. The van der Waals surface area contributed by atoms with Gasteiger partial charge < -0.3 is 9.84 Å². The van der Waals surface area contributed by atoms with Gasteiger partial charge in [0.05, 0.1) is 12.7 Å². The number of rotatable bonds is 3. The van der Waals surface area contributed by atoms with Gasteiger partial charge in [-0.05, 0) is 31.5 Å². The van der Waals surface area contributed by atoms with Crippen molar-refractivity contribution < 1.29 is 14.2 Å². The lowest BCUT2D eigenvalue weighted by Gasteiger charge is -2.26. The Morgan fingerprint density at radius 3 is 2.32 bits per heavy atom. The topological polar surface area (TPSA) is 29.5 Å². The van der Waals surface area contributed by atoms with E-state index in [1.165, 1.54) is 13.2 Å². The van der Waals surface area contributed by atoms with Crippen molar-refractivity contribution in [1.82, 2.24) is 0 Å². The molecule has 0 saturated heterocycles. The molecule has 0 bridgehead atoms. The fourth-order valence-electron chi connectivity index (χ4n) is 2.17. The minimum atomic E-state index is -1.44. The Morgan fingerprint density at radius 2 is 1.74 bits per heavy atom. The number of hydrogen-bond acceptors (Lipinski definition) is 2. The smallest absolute Gasteiger partial charge is 0.133 e. The van der Waals surface area contributed by atoms with E-state index < -0.39 is 11.4 Å².